The Hall–Kier alpha value is -2.41. The number of nitrogens with zero attached hydrogens (tertiary/aromatic N) is 2. The van der Waals surface area contributed by atoms with E-state index < -0.39 is 30.3 Å². The minimum atomic E-state index is -0.948. The van der Waals surface area contributed by atoms with Crippen molar-refractivity contribution in [2.24, 2.45) is 5.92 Å². The molecule has 27 heavy (non-hydrogen) atoms. The van der Waals surface area contributed by atoms with E-state index in [2.05, 4.69) is 5.32 Å². The molecule has 1 aliphatic carbocycles. The predicted molar refractivity (Wildman–Crippen MR) is 100 cm³/mol. The highest BCUT2D eigenvalue weighted by Gasteiger charge is 2.49. The Labute approximate surface area is 162 Å². The Bertz CT molecular complexity index is 810. The fraction of sp³-hybridized carbons (Fsp3) is 0.474. The van der Waals surface area contributed by atoms with Crippen LogP contribution in [0.3, 0.4) is 0 Å². The highest BCUT2D eigenvalue weighted by atomic mass is 35.5. The van der Waals surface area contributed by atoms with Gasteiger partial charge < -0.3 is 5.32 Å². The van der Waals surface area contributed by atoms with Gasteiger partial charge in [0, 0.05) is 16.8 Å². The Morgan fingerprint density at radius 1 is 1.19 bits per heavy atom. The lowest BCUT2D eigenvalue weighted by molar-refractivity contribution is -0.145. The highest BCUT2D eigenvalue weighted by Crippen LogP contribution is 2.31. The monoisotopic (exact) mass is 391 g/mol. The first-order valence-corrected chi connectivity index (χ1v) is 9.43. The molecule has 7 nitrogen and oxygen atoms in total. The van der Waals surface area contributed by atoms with E-state index in [0.29, 0.717) is 22.7 Å². The Balaban J connectivity index is 1.72. The summed E-state index contributed by atoms with van der Waals surface area (Å²) >= 11 is 6.03. The number of anilines is 1. The molecule has 1 aromatic carbocycles. The second-order valence-corrected chi connectivity index (χ2v) is 7.55. The van der Waals surface area contributed by atoms with Gasteiger partial charge in [0.1, 0.15) is 6.54 Å². The summed E-state index contributed by atoms with van der Waals surface area (Å²) in [6.45, 7) is 3.22. The van der Waals surface area contributed by atoms with Gasteiger partial charge in [-0.25, -0.2) is 9.69 Å². The van der Waals surface area contributed by atoms with Gasteiger partial charge in [-0.05, 0) is 43.4 Å². The topological polar surface area (TPSA) is 86.8 Å². The van der Waals surface area contributed by atoms with Crippen molar-refractivity contribution in [2.75, 3.05) is 11.9 Å². The van der Waals surface area contributed by atoms with Gasteiger partial charge >= 0.3 is 17.8 Å². The van der Waals surface area contributed by atoms with E-state index in [1.807, 2.05) is 6.92 Å². The molecule has 1 heterocycles. The number of imide groups is 2. The Morgan fingerprint density at radius 3 is 2.59 bits per heavy atom. The molecule has 1 aliphatic heterocycles. The molecule has 2 atom stereocenters. The average Bonchev–Trinajstić information content (AvgIpc) is 2.83. The van der Waals surface area contributed by atoms with E-state index in [0.717, 1.165) is 29.1 Å². The number of urea groups is 1. The lowest BCUT2D eigenvalue weighted by Gasteiger charge is -2.34. The number of carbonyl (C=O) groups excluding carboxylic acids is 4. The third kappa shape index (κ3) is 3.69. The van der Waals surface area contributed by atoms with Crippen molar-refractivity contribution < 1.29 is 19.2 Å². The summed E-state index contributed by atoms with van der Waals surface area (Å²) in [5.74, 6) is -2.21. The van der Waals surface area contributed by atoms with Gasteiger partial charge in [0.2, 0.25) is 5.91 Å². The molecule has 5 amide bonds. The summed E-state index contributed by atoms with van der Waals surface area (Å²) in [5, 5.41) is 3.13. The van der Waals surface area contributed by atoms with E-state index in [1.165, 1.54) is 0 Å². The third-order valence-electron chi connectivity index (χ3n) is 5.33. The molecule has 8 heteroatoms. The fourth-order valence-electron chi connectivity index (χ4n) is 3.71. The Kier molecular flexibility index (Phi) is 5.51. The maximum atomic E-state index is 12.7. The van der Waals surface area contributed by atoms with Crippen molar-refractivity contribution in [1.82, 2.24) is 9.80 Å². The summed E-state index contributed by atoms with van der Waals surface area (Å²) in [5.41, 5.74) is 1.18. The van der Waals surface area contributed by atoms with Crippen LogP contribution in [0.25, 0.3) is 0 Å². The van der Waals surface area contributed by atoms with Gasteiger partial charge in [-0.2, -0.15) is 0 Å². The zero-order valence-electron chi connectivity index (χ0n) is 15.3. The van der Waals surface area contributed by atoms with Crippen molar-refractivity contribution >= 4 is 41.0 Å². The first-order valence-electron chi connectivity index (χ1n) is 9.05. The van der Waals surface area contributed by atoms with Crippen molar-refractivity contribution in [2.45, 2.75) is 45.6 Å². The van der Waals surface area contributed by atoms with Crippen molar-refractivity contribution in [3.8, 4) is 0 Å². The first-order chi connectivity index (χ1) is 12.8. The molecule has 1 saturated carbocycles. The molecule has 0 bridgehead atoms. The molecule has 2 fully saturated rings. The molecule has 1 aromatic rings. The fourth-order valence-corrected chi connectivity index (χ4v) is 3.89. The molecule has 1 saturated heterocycles. The zero-order valence-corrected chi connectivity index (χ0v) is 16.1. The average molecular weight is 392 g/mol. The van der Waals surface area contributed by atoms with E-state index in [9.17, 15) is 19.2 Å². The van der Waals surface area contributed by atoms with Gasteiger partial charge in [-0.3, -0.25) is 19.3 Å². The molecule has 0 aromatic heterocycles. The number of hydrogen-bond acceptors (Lipinski definition) is 4. The smallest absolute Gasteiger partial charge is 0.324 e. The maximum Gasteiger partial charge on any atom is 0.334 e. The van der Waals surface area contributed by atoms with Crippen LogP contribution in [-0.2, 0) is 14.4 Å². The van der Waals surface area contributed by atoms with Gasteiger partial charge in [-0.1, -0.05) is 37.4 Å². The van der Waals surface area contributed by atoms with Crippen molar-refractivity contribution in [3.63, 3.8) is 0 Å². The third-order valence-corrected chi connectivity index (χ3v) is 5.73. The van der Waals surface area contributed by atoms with Crippen LogP contribution < -0.4 is 5.32 Å². The van der Waals surface area contributed by atoms with Crippen LogP contribution in [0.5, 0.6) is 0 Å². The lowest BCUT2D eigenvalue weighted by Crippen LogP contribution is -2.46. The van der Waals surface area contributed by atoms with Crippen LogP contribution in [0, 0.1) is 12.8 Å². The highest BCUT2D eigenvalue weighted by molar-refractivity contribution is 6.45. The summed E-state index contributed by atoms with van der Waals surface area (Å²) in [6.07, 6.45) is 3.56. The number of nitrogens with one attached hydrogen (secondary N) is 1. The second kappa shape index (κ2) is 7.68. The van der Waals surface area contributed by atoms with Crippen LogP contribution in [0.2, 0.25) is 5.02 Å². The Morgan fingerprint density at radius 2 is 1.89 bits per heavy atom. The number of benzene rings is 1. The number of rotatable bonds is 4. The maximum absolute atomic E-state index is 12.7. The molecule has 0 spiro atoms. The minimum Gasteiger partial charge on any atom is -0.324 e. The van der Waals surface area contributed by atoms with Crippen LogP contribution in [0.1, 0.15) is 38.2 Å². The summed E-state index contributed by atoms with van der Waals surface area (Å²) in [7, 11) is 0. The van der Waals surface area contributed by atoms with Gasteiger partial charge in [0.05, 0.1) is 0 Å². The van der Waals surface area contributed by atoms with Crippen molar-refractivity contribution in [1.29, 1.82) is 0 Å². The van der Waals surface area contributed by atoms with Crippen LogP contribution in [-0.4, -0.2) is 46.1 Å². The van der Waals surface area contributed by atoms with E-state index in [1.54, 1.807) is 25.1 Å². The largest absolute Gasteiger partial charge is 0.334 e. The molecular weight excluding hydrogens is 370 g/mol. The molecular formula is C19H22ClN3O4. The van der Waals surface area contributed by atoms with Gasteiger partial charge in [0.25, 0.3) is 0 Å². The summed E-state index contributed by atoms with van der Waals surface area (Å²) in [4.78, 5) is 51.5. The molecule has 144 valence electrons. The SMILES string of the molecule is Cc1c(Cl)cccc1NC(=O)CN1C(=O)C(=O)N([C@@H]2CCCC[C@H]2C)C1=O. The first kappa shape index (κ1) is 19.4. The lowest BCUT2D eigenvalue weighted by atomic mass is 9.85. The molecule has 0 unspecified atom stereocenters. The van der Waals surface area contributed by atoms with E-state index in [-0.39, 0.29) is 12.0 Å². The standard InChI is InChI=1S/C19H22ClN3O4/c1-11-6-3-4-9-15(11)23-18(26)17(25)22(19(23)27)10-16(24)21-14-8-5-7-13(20)12(14)2/h5,7-8,11,15H,3-4,6,9-10H2,1-2H3,(H,21,24)/t11-,15-/m1/s1. The van der Waals surface area contributed by atoms with Crippen LogP contribution >= 0.6 is 11.6 Å². The van der Waals surface area contributed by atoms with Gasteiger partial charge in [-0.15, -0.1) is 0 Å². The van der Waals surface area contributed by atoms with Crippen molar-refractivity contribution in [3.05, 3.63) is 28.8 Å². The van der Waals surface area contributed by atoms with Crippen LogP contribution in [0.4, 0.5) is 10.5 Å². The zero-order chi connectivity index (χ0) is 19.7. The molecule has 2 aliphatic rings. The van der Waals surface area contributed by atoms with Gasteiger partial charge in [0.15, 0.2) is 0 Å². The number of carbonyl (C=O) groups is 4. The molecule has 0 radical (unpaired) electrons. The molecule has 3 rings (SSSR count). The van der Waals surface area contributed by atoms with Crippen LogP contribution in [0.15, 0.2) is 18.2 Å². The normalized spacial score (nSPS) is 23.1. The quantitative estimate of drug-likeness (QED) is 0.631. The predicted octanol–water partition coefficient (Wildman–Crippen LogP) is 2.96. The second-order valence-electron chi connectivity index (χ2n) is 7.14. The number of amides is 5. The number of hydrogen-bond donors (Lipinski definition) is 1. The minimum absolute atomic E-state index is 0.141. The number of halogens is 1. The molecule has 1 N–H and O–H groups in total. The van der Waals surface area contributed by atoms with E-state index >= 15 is 0 Å². The summed E-state index contributed by atoms with van der Waals surface area (Å²) in [6, 6.07) is 4.07. The summed E-state index contributed by atoms with van der Waals surface area (Å²) < 4.78 is 0. The van der Waals surface area contributed by atoms with E-state index in [4.69, 9.17) is 11.6 Å².